The van der Waals surface area contributed by atoms with Crippen LogP contribution in [0.4, 0.5) is 0 Å². The van der Waals surface area contributed by atoms with Gasteiger partial charge in [0.1, 0.15) is 0 Å². The molecule has 1 aromatic carbocycles. The van der Waals surface area contributed by atoms with Crippen LogP contribution < -0.4 is 5.73 Å². The summed E-state index contributed by atoms with van der Waals surface area (Å²) in [7, 11) is 0. The van der Waals surface area contributed by atoms with E-state index in [4.69, 9.17) is 5.73 Å². The van der Waals surface area contributed by atoms with Crippen LogP contribution in [0.3, 0.4) is 0 Å². The van der Waals surface area contributed by atoms with Gasteiger partial charge in [-0.25, -0.2) is 0 Å². The summed E-state index contributed by atoms with van der Waals surface area (Å²) in [6.45, 7) is 2.07. The van der Waals surface area contributed by atoms with Crippen LogP contribution in [-0.2, 0) is 0 Å². The largest absolute Gasteiger partial charge is 0.323 e. The van der Waals surface area contributed by atoms with Gasteiger partial charge in [-0.1, -0.05) is 40.7 Å². The van der Waals surface area contributed by atoms with E-state index in [1.54, 1.807) is 11.8 Å². The molecule has 0 radical (unpaired) electrons. The molecule has 2 nitrogen and oxygen atoms in total. The third-order valence-electron chi connectivity index (χ3n) is 2.61. The van der Waals surface area contributed by atoms with Gasteiger partial charge in [-0.3, -0.25) is 4.98 Å². The smallest absolute Gasteiger partial charge is 0.0571 e. The molecule has 0 saturated heterocycles. The summed E-state index contributed by atoms with van der Waals surface area (Å²) in [4.78, 5) is 6.73. The zero-order chi connectivity index (χ0) is 13.0. The fraction of sp³-hybridized carbons (Fsp3) is 0.214. The highest BCUT2D eigenvalue weighted by atomic mass is 79.9. The first-order valence-corrected chi connectivity index (χ1v) is 7.45. The van der Waals surface area contributed by atoms with Crippen molar-refractivity contribution in [1.29, 1.82) is 0 Å². The van der Waals surface area contributed by atoms with Crippen LogP contribution in [0.25, 0.3) is 0 Å². The molecule has 0 spiro atoms. The highest BCUT2D eigenvalue weighted by molar-refractivity contribution is 9.10. The summed E-state index contributed by atoms with van der Waals surface area (Å²) in [5.41, 5.74) is 6.90. The number of pyridine rings is 1. The standard InChI is InChI=1S/C14H15BrN2S/c1-2-13(16)14-7-6-12(9-17-14)18-11-5-3-4-10(15)8-11/h3-9,13H,2,16H2,1H3. The lowest BCUT2D eigenvalue weighted by Crippen LogP contribution is -2.10. The monoisotopic (exact) mass is 322 g/mol. The van der Waals surface area contributed by atoms with Crippen LogP contribution >= 0.6 is 27.7 Å². The van der Waals surface area contributed by atoms with Crippen LogP contribution in [0.15, 0.2) is 56.9 Å². The van der Waals surface area contributed by atoms with Crippen LogP contribution in [0.2, 0.25) is 0 Å². The molecule has 2 rings (SSSR count). The van der Waals surface area contributed by atoms with Crippen LogP contribution in [0.1, 0.15) is 25.1 Å². The summed E-state index contributed by atoms with van der Waals surface area (Å²) in [6, 6.07) is 12.3. The van der Waals surface area contributed by atoms with Gasteiger partial charge < -0.3 is 5.73 Å². The molecule has 0 amide bonds. The Morgan fingerprint density at radius 2 is 2.11 bits per heavy atom. The first-order chi connectivity index (χ1) is 8.69. The quantitative estimate of drug-likeness (QED) is 0.906. The van der Waals surface area contributed by atoms with E-state index in [0.29, 0.717) is 0 Å². The normalized spacial score (nSPS) is 12.4. The molecular weight excluding hydrogens is 308 g/mol. The van der Waals surface area contributed by atoms with Crippen molar-refractivity contribution in [3.8, 4) is 0 Å². The summed E-state index contributed by atoms with van der Waals surface area (Å²) < 4.78 is 1.09. The van der Waals surface area contributed by atoms with E-state index in [1.807, 2.05) is 24.4 Å². The predicted molar refractivity (Wildman–Crippen MR) is 79.7 cm³/mol. The second-order valence-electron chi connectivity index (χ2n) is 3.99. The number of aromatic nitrogens is 1. The van der Waals surface area contributed by atoms with Crippen LogP contribution in [0, 0.1) is 0 Å². The second-order valence-corrected chi connectivity index (χ2v) is 6.06. The number of hydrogen-bond donors (Lipinski definition) is 1. The zero-order valence-corrected chi connectivity index (χ0v) is 12.5. The lowest BCUT2D eigenvalue weighted by atomic mass is 10.1. The fourth-order valence-corrected chi connectivity index (χ4v) is 2.94. The highest BCUT2D eigenvalue weighted by Gasteiger charge is 2.05. The van der Waals surface area contributed by atoms with Gasteiger partial charge in [0.15, 0.2) is 0 Å². The van der Waals surface area contributed by atoms with Gasteiger partial charge in [0.2, 0.25) is 0 Å². The molecule has 2 aromatic rings. The number of nitrogens with zero attached hydrogens (tertiary/aromatic N) is 1. The Morgan fingerprint density at radius 1 is 1.28 bits per heavy atom. The molecule has 1 unspecified atom stereocenters. The number of rotatable bonds is 4. The molecule has 4 heteroatoms. The molecule has 0 bridgehead atoms. The molecule has 0 aliphatic carbocycles. The van der Waals surface area contributed by atoms with E-state index in [-0.39, 0.29) is 6.04 Å². The van der Waals surface area contributed by atoms with Crippen LogP contribution in [0.5, 0.6) is 0 Å². The maximum Gasteiger partial charge on any atom is 0.0571 e. The molecule has 94 valence electrons. The molecule has 1 atom stereocenters. The lowest BCUT2D eigenvalue weighted by Gasteiger charge is -2.08. The number of benzene rings is 1. The molecular formula is C14H15BrN2S. The van der Waals surface area contributed by atoms with Gasteiger partial charge in [-0.15, -0.1) is 0 Å². The third-order valence-corrected chi connectivity index (χ3v) is 4.07. The Morgan fingerprint density at radius 3 is 2.72 bits per heavy atom. The average molecular weight is 323 g/mol. The Bertz CT molecular complexity index is 513. The van der Waals surface area contributed by atoms with Crippen LogP contribution in [-0.4, -0.2) is 4.98 Å². The zero-order valence-electron chi connectivity index (χ0n) is 10.1. The molecule has 0 saturated carbocycles. The van der Waals surface area contributed by atoms with Crippen molar-refractivity contribution in [2.45, 2.75) is 29.2 Å². The Hall–Kier alpha value is -0.840. The van der Waals surface area contributed by atoms with E-state index >= 15 is 0 Å². The van der Waals surface area contributed by atoms with Gasteiger partial charge in [0.05, 0.1) is 5.69 Å². The van der Waals surface area contributed by atoms with Gasteiger partial charge in [0, 0.05) is 26.5 Å². The van der Waals surface area contributed by atoms with Gasteiger partial charge in [-0.2, -0.15) is 0 Å². The third kappa shape index (κ3) is 3.57. The summed E-state index contributed by atoms with van der Waals surface area (Å²) in [5, 5.41) is 0. The Kier molecular flexibility index (Phi) is 4.80. The second kappa shape index (κ2) is 6.36. The van der Waals surface area contributed by atoms with E-state index < -0.39 is 0 Å². The topological polar surface area (TPSA) is 38.9 Å². The van der Waals surface area contributed by atoms with Crippen molar-refractivity contribution in [1.82, 2.24) is 4.98 Å². The highest BCUT2D eigenvalue weighted by Crippen LogP contribution is 2.29. The Balaban J connectivity index is 2.11. The van der Waals surface area contributed by atoms with Gasteiger partial charge in [0.25, 0.3) is 0 Å². The molecule has 0 aliphatic heterocycles. The average Bonchev–Trinajstić information content (AvgIpc) is 2.39. The van der Waals surface area contributed by atoms with Crippen molar-refractivity contribution < 1.29 is 0 Å². The van der Waals surface area contributed by atoms with Crippen molar-refractivity contribution in [2.75, 3.05) is 0 Å². The van der Waals surface area contributed by atoms with E-state index in [2.05, 4.69) is 46.0 Å². The van der Waals surface area contributed by atoms with E-state index in [0.717, 1.165) is 21.5 Å². The lowest BCUT2D eigenvalue weighted by molar-refractivity contribution is 0.674. The summed E-state index contributed by atoms with van der Waals surface area (Å²) >= 11 is 5.17. The van der Waals surface area contributed by atoms with E-state index in [9.17, 15) is 0 Å². The van der Waals surface area contributed by atoms with Crippen molar-refractivity contribution in [2.24, 2.45) is 5.73 Å². The molecule has 2 N–H and O–H groups in total. The maximum absolute atomic E-state index is 5.94. The number of hydrogen-bond acceptors (Lipinski definition) is 3. The van der Waals surface area contributed by atoms with E-state index in [1.165, 1.54) is 4.90 Å². The van der Waals surface area contributed by atoms with Crippen molar-refractivity contribution in [3.05, 3.63) is 52.8 Å². The minimum atomic E-state index is 0.0370. The van der Waals surface area contributed by atoms with Gasteiger partial charge >= 0.3 is 0 Å². The SMILES string of the molecule is CCC(N)c1ccc(Sc2cccc(Br)c2)cn1. The first-order valence-electron chi connectivity index (χ1n) is 5.84. The minimum absolute atomic E-state index is 0.0370. The molecule has 1 aromatic heterocycles. The van der Waals surface area contributed by atoms with Gasteiger partial charge in [-0.05, 0) is 36.8 Å². The van der Waals surface area contributed by atoms with Crippen molar-refractivity contribution >= 4 is 27.7 Å². The van der Waals surface area contributed by atoms with Crippen molar-refractivity contribution in [3.63, 3.8) is 0 Å². The fourth-order valence-electron chi connectivity index (χ4n) is 1.55. The maximum atomic E-state index is 5.94. The summed E-state index contributed by atoms with van der Waals surface area (Å²) in [6.07, 6.45) is 2.79. The summed E-state index contributed by atoms with van der Waals surface area (Å²) in [5.74, 6) is 0. The molecule has 0 aliphatic rings. The number of nitrogens with two attached hydrogens (primary N) is 1. The molecule has 18 heavy (non-hydrogen) atoms. The first kappa shape index (κ1) is 13.6. The molecule has 1 heterocycles. The predicted octanol–water partition coefficient (Wildman–Crippen LogP) is 4.41. The minimum Gasteiger partial charge on any atom is -0.323 e. The molecule has 0 fully saturated rings. The Labute approximate surface area is 120 Å². The number of halogens is 1.